The van der Waals surface area contributed by atoms with Crippen LogP contribution in [0.4, 0.5) is 0 Å². The van der Waals surface area contributed by atoms with Gasteiger partial charge >= 0.3 is 0 Å². The molecule has 1 aliphatic heterocycles. The maximum atomic E-state index is 12.2. The second kappa shape index (κ2) is 9.40. The molecule has 8 nitrogen and oxygen atoms in total. The smallest absolute Gasteiger partial charge is 0.264 e. The number of hydrogen-bond acceptors (Lipinski definition) is 7. The maximum absolute atomic E-state index is 12.2. The zero-order chi connectivity index (χ0) is 23.5. The fraction of sp³-hybridized carbons (Fsp3) is 0.391. The van der Waals surface area contributed by atoms with Crippen LogP contribution < -0.4 is 5.48 Å². The van der Waals surface area contributed by atoms with E-state index in [0.717, 1.165) is 28.5 Å². The van der Waals surface area contributed by atoms with E-state index in [1.54, 1.807) is 6.92 Å². The van der Waals surface area contributed by atoms with E-state index in [1.807, 2.05) is 48.5 Å². The molecule has 1 amide bonds. The van der Waals surface area contributed by atoms with Gasteiger partial charge in [0, 0.05) is 19.1 Å². The van der Waals surface area contributed by atoms with Crippen molar-refractivity contribution >= 4 is 21.5 Å². The van der Waals surface area contributed by atoms with E-state index >= 15 is 0 Å². The number of aliphatic hydroxyl groups is 1. The molecule has 172 valence electrons. The van der Waals surface area contributed by atoms with Crippen LogP contribution in [0.2, 0.25) is 0 Å². The third-order valence-corrected chi connectivity index (χ3v) is 7.78. The average molecular weight is 461 g/mol. The molecule has 2 aromatic carbocycles. The Kier molecular flexibility index (Phi) is 7.02. The second-order valence-corrected chi connectivity index (χ2v) is 10.9. The number of sulfone groups is 1. The number of hydroxylamine groups is 1. The van der Waals surface area contributed by atoms with Gasteiger partial charge in [0.2, 0.25) is 0 Å². The molecule has 0 aliphatic carbocycles. The molecular weight excluding hydrogens is 432 g/mol. The fourth-order valence-corrected chi connectivity index (χ4v) is 4.57. The highest BCUT2D eigenvalue weighted by molar-refractivity contribution is 7.92. The summed E-state index contributed by atoms with van der Waals surface area (Å²) < 4.78 is 22.5. The molecule has 0 saturated heterocycles. The van der Waals surface area contributed by atoms with Crippen molar-refractivity contribution in [1.82, 2.24) is 5.48 Å². The Morgan fingerprint density at radius 1 is 1.16 bits per heavy atom. The van der Waals surface area contributed by atoms with Gasteiger partial charge in [0.1, 0.15) is 6.10 Å². The Morgan fingerprint density at radius 3 is 2.19 bits per heavy atom. The predicted octanol–water partition coefficient (Wildman–Crippen LogP) is 2.47. The van der Waals surface area contributed by atoms with E-state index in [2.05, 4.69) is 5.16 Å². The molecule has 0 bridgehead atoms. The number of carbonyl (C=O) groups is 1. The van der Waals surface area contributed by atoms with Gasteiger partial charge < -0.3 is 9.94 Å². The molecule has 0 aromatic heterocycles. The number of aliphatic hydroxyl groups excluding tert-OH is 1. The lowest BCUT2D eigenvalue weighted by Crippen LogP contribution is -2.51. The largest absolute Gasteiger partial charge is 0.393 e. The number of nitrogens with one attached hydrogen (secondary N) is 1. The first-order chi connectivity index (χ1) is 15.0. The fourth-order valence-electron chi connectivity index (χ4n) is 3.70. The number of carbonyl (C=O) groups excluding carboxylic acids is 1. The molecule has 0 unspecified atom stereocenters. The van der Waals surface area contributed by atoms with Crippen LogP contribution in [-0.4, -0.2) is 53.6 Å². The summed E-state index contributed by atoms with van der Waals surface area (Å²) in [6.07, 6.45) is 0.779. The first kappa shape index (κ1) is 23.9. The van der Waals surface area contributed by atoms with Crippen molar-refractivity contribution in [2.45, 2.75) is 50.1 Å². The molecule has 0 radical (unpaired) electrons. The maximum Gasteiger partial charge on any atom is 0.264 e. The second-order valence-electron chi connectivity index (χ2n) is 8.45. The van der Waals surface area contributed by atoms with Gasteiger partial charge in [-0.15, -0.1) is 0 Å². The summed E-state index contributed by atoms with van der Waals surface area (Å²) in [4.78, 5) is 17.4. The van der Waals surface area contributed by atoms with Crippen molar-refractivity contribution in [3.05, 3.63) is 59.7 Å². The molecule has 0 fully saturated rings. The lowest BCUT2D eigenvalue weighted by molar-refractivity contribution is -0.132. The van der Waals surface area contributed by atoms with Crippen molar-refractivity contribution in [2.75, 3.05) is 6.26 Å². The van der Waals surface area contributed by atoms with Gasteiger partial charge in [0.15, 0.2) is 14.6 Å². The average Bonchev–Trinajstić information content (AvgIpc) is 3.21. The first-order valence-corrected chi connectivity index (χ1v) is 12.2. The molecule has 0 spiro atoms. The van der Waals surface area contributed by atoms with Gasteiger partial charge in [-0.05, 0) is 42.5 Å². The molecule has 3 atom stereocenters. The predicted molar refractivity (Wildman–Crippen MR) is 121 cm³/mol. The minimum Gasteiger partial charge on any atom is -0.393 e. The highest BCUT2D eigenvalue weighted by atomic mass is 32.2. The van der Waals surface area contributed by atoms with Gasteiger partial charge in [-0.1, -0.05) is 53.7 Å². The molecule has 0 saturated carbocycles. The van der Waals surface area contributed by atoms with Gasteiger partial charge in [-0.3, -0.25) is 10.0 Å². The van der Waals surface area contributed by atoms with Crippen LogP contribution in [-0.2, 0) is 25.9 Å². The van der Waals surface area contributed by atoms with Gasteiger partial charge in [-0.2, -0.15) is 0 Å². The third kappa shape index (κ3) is 5.17. The number of hydrogen-bond donors (Lipinski definition) is 3. The van der Waals surface area contributed by atoms with Gasteiger partial charge in [-0.25, -0.2) is 13.9 Å². The van der Waals surface area contributed by atoms with Gasteiger partial charge in [0.05, 0.1) is 11.8 Å². The van der Waals surface area contributed by atoms with Crippen LogP contribution in [0, 0.1) is 0 Å². The van der Waals surface area contributed by atoms with Crippen molar-refractivity contribution < 1.29 is 28.4 Å². The number of rotatable bonds is 8. The molecule has 3 rings (SSSR count). The van der Waals surface area contributed by atoms with E-state index in [1.165, 1.54) is 12.4 Å². The lowest BCUT2D eigenvalue weighted by Gasteiger charge is -2.26. The van der Waals surface area contributed by atoms with Crippen LogP contribution in [0.25, 0.3) is 11.1 Å². The summed E-state index contributed by atoms with van der Waals surface area (Å²) in [6.45, 7) is 3.02. The highest BCUT2D eigenvalue weighted by Gasteiger charge is 2.47. The minimum absolute atomic E-state index is 0.137. The molecule has 2 aromatic rings. The third-order valence-electron chi connectivity index (χ3n) is 5.79. The molecular formula is C23H28N2O6S. The SMILES string of the molecule is C[C@@H](O)Cc1ccc(-c2ccc(C3=NO[C@@H](C[C@](C)(C(=O)NO)S(C)(=O)=O)C3)cc2)cc1. The number of oxime groups is 1. The summed E-state index contributed by atoms with van der Waals surface area (Å²) in [5.41, 5.74) is 6.09. The summed E-state index contributed by atoms with van der Waals surface area (Å²) in [7, 11) is -3.81. The van der Waals surface area contributed by atoms with E-state index in [4.69, 9.17) is 10.0 Å². The Bertz CT molecular complexity index is 1090. The molecule has 9 heteroatoms. The topological polar surface area (TPSA) is 125 Å². The van der Waals surface area contributed by atoms with Crippen molar-refractivity contribution in [3.8, 4) is 11.1 Å². The van der Waals surface area contributed by atoms with Crippen molar-refractivity contribution in [3.63, 3.8) is 0 Å². The number of benzene rings is 2. The van der Waals surface area contributed by atoms with E-state index in [-0.39, 0.29) is 12.5 Å². The molecule has 32 heavy (non-hydrogen) atoms. The van der Waals surface area contributed by atoms with E-state index < -0.39 is 26.6 Å². The molecule has 1 heterocycles. The number of amides is 1. The molecule has 3 N–H and O–H groups in total. The normalized spacial score (nSPS) is 18.9. The highest BCUT2D eigenvalue weighted by Crippen LogP contribution is 2.30. The Labute approximate surface area is 187 Å². The van der Waals surface area contributed by atoms with Gasteiger partial charge in [0.25, 0.3) is 5.91 Å². The number of nitrogens with zero attached hydrogens (tertiary/aromatic N) is 1. The summed E-state index contributed by atoms with van der Waals surface area (Å²) in [6, 6.07) is 15.8. The monoisotopic (exact) mass is 460 g/mol. The first-order valence-electron chi connectivity index (χ1n) is 10.3. The van der Waals surface area contributed by atoms with Crippen LogP contribution >= 0.6 is 0 Å². The van der Waals surface area contributed by atoms with Crippen LogP contribution in [0.1, 0.15) is 37.8 Å². The van der Waals surface area contributed by atoms with Crippen molar-refractivity contribution in [2.24, 2.45) is 5.16 Å². The summed E-state index contributed by atoms with van der Waals surface area (Å²) >= 11 is 0. The zero-order valence-corrected chi connectivity index (χ0v) is 19.1. The van der Waals surface area contributed by atoms with Crippen molar-refractivity contribution in [1.29, 1.82) is 0 Å². The van der Waals surface area contributed by atoms with Crippen LogP contribution in [0.5, 0.6) is 0 Å². The zero-order valence-electron chi connectivity index (χ0n) is 18.3. The summed E-state index contributed by atoms with van der Waals surface area (Å²) in [5, 5.41) is 22.6. The van der Waals surface area contributed by atoms with Crippen LogP contribution in [0.3, 0.4) is 0 Å². The Balaban J connectivity index is 1.68. The standard InChI is InChI=1S/C23H28N2O6S/c1-15(26)12-16-4-6-17(7-5-16)18-8-10-19(11-9-18)21-13-20(31-25-21)14-23(2,22(27)24-28)32(3,29)30/h4-11,15,20,26,28H,12-14H2,1-3H3,(H,24,27)/t15-,20-,23-/m1/s1. The van der Waals surface area contributed by atoms with E-state index in [0.29, 0.717) is 18.6 Å². The van der Waals surface area contributed by atoms with E-state index in [9.17, 15) is 18.3 Å². The Hall–Kier alpha value is -2.75. The lowest BCUT2D eigenvalue weighted by atomic mass is 9.95. The Morgan fingerprint density at radius 2 is 1.69 bits per heavy atom. The van der Waals surface area contributed by atoms with Crippen LogP contribution in [0.15, 0.2) is 53.7 Å². The quantitative estimate of drug-likeness (QED) is 0.411. The molecule has 1 aliphatic rings. The summed E-state index contributed by atoms with van der Waals surface area (Å²) in [5.74, 6) is -0.999. The minimum atomic E-state index is -3.81.